The first-order valence-electron chi connectivity index (χ1n) is 6.78. The lowest BCUT2D eigenvalue weighted by atomic mass is 10.1. The number of hydrogen-bond acceptors (Lipinski definition) is 1. The number of aromatic nitrogens is 1. The molecule has 3 rings (SSSR count). The zero-order chi connectivity index (χ0) is 13.9. The fourth-order valence-electron chi connectivity index (χ4n) is 2.44. The number of halogens is 1. The predicted octanol–water partition coefficient (Wildman–Crippen LogP) is 4.16. The van der Waals surface area contributed by atoms with Crippen LogP contribution in [0.3, 0.4) is 0 Å². The summed E-state index contributed by atoms with van der Waals surface area (Å²) in [7, 11) is 0. The second-order valence-electron chi connectivity index (χ2n) is 5.01. The minimum Gasteiger partial charge on any atom is -0.361 e. The third-order valence-corrected chi connectivity index (χ3v) is 3.65. The smallest absolute Gasteiger partial charge is 0.123 e. The zero-order valence-corrected chi connectivity index (χ0v) is 11.4. The molecule has 102 valence electrons. The third-order valence-electron chi connectivity index (χ3n) is 3.65. The second kappa shape index (κ2) is 5.47. The molecule has 0 radical (unpaired) electrons. The average Bonchev–Trinajstić information content (AvgIpc) is 2.94. The molecule has 0 spiro atoms. The normalized spacial score (nSPS) is 12.7. The molecule has 3 aromatic rings. The number of benzene rings is 2. The molecule has 0 bridgehead atoms. The second-order valence-corrected chi connectivity index (χ2v) is 5.01. The molecule has 0 aliphatic carbocycles. The molecule has 0 fully saturated rings. The van der Waals surface area contributed by atoms with Crippen molar-refractivity contribution in [2.45, 2.75) is 19.5 Å². The quantitative estimate of drug-likeness (QED) is 0.730. The van der Waals surface area contributed by atoms with Gasteiger partial charge in [0.05, 0.1) is 0 Å². The van der Waals surface area contributed by atoms with Crippen LogP contribution in [-0.2, 0) is 6.54 Å². The van der Waals surface area contributed by atoms with Gasteiger partial charge in [0.1, 0.15) is 5.82 Å². The van der Waals surface area contributed by atoms with E-state index in [-0.39, 0.29) is 11.9 Å². The summed E-state index contributed by atoms with van der Waals surface area (Å²) in [5.74, 6) is -0.196. The van der Waals surface area contributed by atoms with Gasteiger partial charge in [0, 0.05) is 29.7 Å². The molecule has 1 aromatic heterocycles. The van der Waals surface area contributed by atoms with Crippen molar-refractivity contribution in [3.8, 4) is 0 Å². The van der Waals surface area contributed by atoms with E-state index in [2.05, 4.69) is 41.5 Å². The van der Waals surface area contributed by atoms with Crippen LogP contribution in [0.25, 0.3) is 10.9 Å². The highest BCUT2D eigenvalue weighted by molar-refractivity contribution is 5.82. The number of H-pyrrole nitrogens is 1. The highest BCUT2D eigenvalue weighted by Gasteiger charge is 2.07. The molecule has 3 heteroatoms. The van der Waals surface area contributed by atoms with Gasteiger partial charge in [0.25, 0.3) is 0 Å². The van der Waals surface area contributed by atoms with Gasteiger partial charge in [-0.25, -0.2) is 4.39 Å². The topological polar surface area (TPSA) is 27.8 Å². The van der Waals surface area contributed by atoms with Crippen LogP contribution in [0.1, 0.15) is 24.1 Å². The Morgan fingerprint density at radius 1 is 1.10 bits per heavy atom. The number of hydrogen-bond donors (Lipinski definition) is 2. The van der Waals surface area contributed by atoms with Gasteiger partial charge >= 0.3 is 0 Å². The highest BCUT2D eigenvalue weighted by atomic mass is 19.1. The number of nitrogens with one attached hydrogen (secondary N) is 2. The minimum atomic E-state index is -0.196. The van der Waals surface area contributed by atoms with Crippen molar-refractivity contribution in [2.24, 2.45) is 0 Å². The summed E-state index contributed by atoms with van der Waals surface area (Å²) >= 11 is 0. The predicted molar refractivity (Wildman–Crippen MR) is 80.0 cm³/mol. The van der Waals surface area contributed by atoms with E-state index in [4.69, 9.17) is 0 Å². The molecule has 2 aromatic carbocycles. The molecule has 0 aliphatic heterocycles. The molecule has 1 unspecified atom stereocenters. The summed E-state index contributed by atoms with van der Waals surface area (Å²) in [4.78, 5) is 3.22. The van der Waals surface area contributed by atoms with Crippen LogP contribution < -0.4 is 5.32 Å². The van der Waals surface area contributed by atoms with Crippen molar-refractivity contribution in [3.05, 3.63) is 71.7 Å². The molecule has 2 nitrogen and oxygen atoms in total. The van der Waals surface area contributed by atoms with Crippen LogP contribution in [0.15, 0.2) is 54.7 Å². The van der Waals surface area contributed by atoms with E-state index in [0.717, 1.165) is 17.6 Å². The summed E-state index contributed by atoms with van der Waals surface area (Å²) in [5, 5.41) is 4.72. The maximum atomic E-state index is 12.9. The molecule has 1 heterocycles. The molecule has 0 saturated carbocycles. The zero-order valence-electron chi connectivity index (χ0n) is 11.4. The van der Waals surface area contributed by atoms with Gasteiger partial charge in [-0.05, 0) is 42.3 Å². The van der Waals surface area contributed by atoms with Crippen LogP contribution in [0.2, 0.25) is 0 Å². The van der Waals surface area contributed by atoms with Gasteiger partial charge in [0.2, 0.25) is 0 Å². The van der Waals surface area contributed by atoms with Gasteiger partial charge < -0.3 is 10.3 Å². The molecular weight excluding hydrogens is 251 g/mol. The molecule has 0 saturated heterocycles. The molecule has 20 heavy (non-hydrogen) atoms. The van der Waals surface area contributed by atoms with Crippen molar-refractivity contribution in [2.75, 3.05) is 0 Å². The van der Waals surface area contributed by atoms with Crippen molar-refractivity contribution < 1.29 is 4.39 Å². The summed E-state index contributed by atoms with van der Waals surface area (Å²) in [6.07, 6.45) is 1.96. The van der Waals surface area contributed by atoms with E-state index in [1.165, 1.54) is 23.1 Å². The summed E-state index contributed by atoms with van der Waals surface area (Å²) in [6.45, 7) is 2.87. The van der Waals surface area contributed by atoms with Gasteiger partial charge in [0.15, 0.2) is 0 Å². The lowest BCUT2D eigenvalue weighted by molar-refractivity contribution is 0.572. The standard InChI is InChI=1S/C17H17FN2/c1-12(13-5-7-15(18)8-6-13)20-11-14-3-2-4-17-16(14)9-10-19-17/h2-10,12,19-20H,11H2,1H3. The largest absolute Gasteiger partial charge is 0.361 e. The molecule has 0 aliphatic rings. The number of fused-ring (bicyclic) bond motifs is 1. The van der Waals surface area contributed by atoms with Crippen molar-refractivity contribution in [3.63, 3.8) is 0 Å². The molecule has 0 amide bonds. The third kappa shape index (κ3) is 2.58. The Morgan fingerprint density at radius 2 is 1.90 bits per heavy atom. The van der Waals surface area contributed by atoms with E-state index >= 15 is 0 Å². The van der Waals surface area contributed by atoms with Gasteiger partial charge in [-0.3, -0.25) is 0 Å². The lowest BCUT2D eigenvalue weighted by Gasteiger charge is -2.14. The lowest BCUT2D eigenvalue weighted by Crippen LogP contribution is -2.18. The van der Waals surface area contributed by atoms with Crippen molar-refractivity contribution in [1.29, 1.82) is 0 Å². The van der Waals surface area contributed by atoms with Crippen LogP contribution >= 0.6 is 0 Å². The number of aromatic amines is 1. The van der Waals surface area contributed by atoms with Crippen LogP contribution in [0, 0.1) is 5.82 Å². The van der Waals surface area contributed by atoms with Gasteiger partial charge in [-0.2, -0.15) is 0 Å². The minimum absolute atomic E-state index is 0.185. The fourth-order valence-corrected chi connectivity index (χ4v) is 2.44. The summed E-state index contributed by atoms with van der Waals surface area (Å²) in [6, 6.07) is 15.2. The van der Waals surface area contributed by atoms with E-state index in [1.54, 1.807) is 0 Å². The van der Waals surface area contributed by atoms with Crippen molar-refractivity contribution >= 4 is 10.9 Å². The first-order chi connectivity index (χ1) is 9.74. The molecular formula is C17H17FN2. The number of rotatable bonds is 4. The molecule has 1 atom stereocenters. The fraction of sp³-hybridized carbons (Fsp3) is 0.176. The Balaban J connectivity index is 1.73. The SMILES string of the molecule is CC(NCc1cccc2[nH]ccc12)c1ccc(F)cc1. The summed E-state index contributed by atoms with van der Waals surface area (Å²) in [5.41, 5.74) is 3.50. The average molecular weight is 268 g/mol. The Morgan fingerprint density at radius 3 is 2.70 bits per heavy atom. The van der Waals surface area contributed by atoms with Crippen LogP contribution in [-0.4, -0.2) is 4.98 Å². The van der Waals surface area contributed by atoms with E-state index in [1.807, 2.05) is 18.3 Å². The highest BCUT2D eigenvalue weighted by Crippen LogP contribution is 2.19. The van der Waals surface area contributed by atoms with Gasteiger partial charge in [-0.1, -0.05) is 24.3 Å². The van der Waals surface area contributed by atoms with E-state index in [9.17, 15) is 4.39 Å². The Bertz CT molecular complexity index is 700. The van der Waals surface area contributed by atoms with E-state index in [0.29, 0.717) is 0 Å². The van der Waals surface area contributed by atoms with Crippen LogP contribution in [0.4, 0.5) is 4.39 Å². The first-order valence-corrected chi connectivity index (χ1v) is 6.78. The first kappa shape index (κ1) is 12.9. The maximum Gasteiger partial charge on any atom is 0.123 e. The van der Waals surface area contributed by atoms with Crippen LogP contribution in [0.5, 0.6) is 0 Å². The monoisotopic (exact) mass is 268 g/mol. The van der Waals surface area contributed by atoms with Crippen molar-refractivity contribution in [1.82, 2.24) is 10.3 Å². The Labute approximate surface area is 117 Å². The Kier molecular flexibility index (Phi) is 3.52. The Hall–Kier alpha value is -2.13. The maximum absolute atomic E-state index is 12.9. The summed E-state index contributed by atoms with van der Waals surface area (Å²) < 4.78 is 12.9. The van der Waals surface area contributed by atoms with E-state index < -0.39 is 0 Å². The molecule has 2 N–H and O–H groups in total. The van der Waals surface area contributed by atoms with Gasteiger partial charge in [-0.15, -0.1) is 0 Å².